The van der Waals surface area contributed by atoms with E-state index >= 15 is 0 Å². The summed E-state index contributed by atoms with van der Waals surface area (Å²) in [4.78, 5) is 23.8. The van der Waals surface area contributed by atoms with Crippen molar-refractivity contribution in [2.45, 2.75) is 84.7 Å². The molecular weight excluding hydrogens is 322 g/mol. The Morgan fingerprint density at radius 3 is 1.88 bits per heavy atom. The molecule has 0 aliphatic heterocycles. The molecule has 2 N–H and O–H groups in total. The SMILES string of the molecule is CC(=C=C[Si](C)(C)C(C)(C)C)[C@](C)(NC(=O)OC(C)(C)C)C(=O)O. The maximum atomic E-state index is 12.0. The molecule has 0 aromatic heterocycles. The first-order chi connectivity index (χ1) is 10.4. The van der Waals surface area contributed by atoms with E-state index in [1.54, 1.807) is 27.7 Å². The van der Waals surface area contributed by atoms with Gasteiger partial charge < -0.3 is 15.2 Å². The Morgan fingerprint density at radius 2 is 1.54 bits per heavy atom. The number of carboxylic acid groups (broad SMARTS) is 1. The summed E-state index contributed by atoms with van der Waals surface area (Å²) in [5, 5.41) is 12.2. The molecule has 1 amide bonds. The van der Waals surface area contributed by atoms with Crippen LogP contribution in [0.2, 0.25) is 18.1 Å². The van der Waals surface area contributed by atoms with Crippen LogP contribution in [0.25, 0.3) is 0 Å². The van der Waals surface area contributed by atoms with E-state index in [4.69, 9.17) is 4.74 Å². The van der Waals surface area contributed by atoms with Crippen LogP contribution in [0.5, 0.6) is 0 Å². The first kappa shape index (κ1) is 22.5. The highest BCUT2D eigenvalue weighted by atomic mass is 28.3. The van der Waals surface area contributed by atoms with Gasteiger partial charge >= 0.3 is 12.1 Å². The van der Waals surface area contributed by atoms with Crippen molar-refractivity contribution in [3.63, 3.8) is 0 Å². The lowest BCUT2D eigenvalue weighted by molar-refractivity contribution is -0.142. The third kappa shape index (κ3) is 6.17. The van der Waals surface area contributed by atoms with Crippen LogP contribution < -0.4 is 5.32 Å². The number of alkyl carbamates (subject to hydrolysis) is 1. The van der Waals surface area contributed by atoms with Crippen LogP contribution in [0.1, 0.15) is 55.4 Å². The smallest absolute Gasteiger partial charge is 0.408 e. The number of hydrogen-bond acceptors (Lipinski definition) is 3. The Morgan fingerprint density at radius 1 is 1.08 bits per heavy atom. The van der Waals surface area contributed by atoms with Gasteiger partial charge in [0.2, 0.25) is 0 Å². The Bertz CT molecular complexity index is 561. The van der Waals surface area contributed by atoms with Gasteiger partial charge in [0.25, 0.3) is 0 Å². The van der Waals surface area contributed by atoms with E-state index in [0.717, 1.165) is 0 Å². The zero-order valence-corrected chi connectivity index (χ0v) is 17.7. The van der Waals surface area contributed by atoms with Gasteiger partial charge in [-0.15, -0.1) is 5.73 Å². The maximum absolute atomic E-state index is 12.0. The standard InChI is InChI=1S/C18H33NO4Si/c1-13(11-12-24(9,10)17(5,6)7)18(8,14(20)21)19-15(22)23-16(2,3)4/h12H,1-10H3,(H,19,22)(H,20,21)/t11?,18-/m0/s1. The van der Waals surface area contributed by atoms with Crippen molar-refractivity contribution in [2.24, 2.45) is 0 Å². The highest BCUT2D eigenvalue weighted by Crippen LogP contribution is 2.36. The van der Waals surface area contributed by atoms with Crippen molar-refractivity contribution >= 4 is 20.1 Å². The van der Waals surface area contributed by atoms with Crippen molar-refractivity contribution < 1.29 is 19.4 Å². The van der Waals surface area contributed by atoms with E-state index in [0.29, 0.717) is 5.57 Å². The molecule has 0 heterocycles. The van der Waals surface area contributed by atoms with Crippen molar-refractivity contribution in [2.75, 3.05) is 0 Å². The van der Waals surface area contributed by atoms with Crippen LogP contribution in [-0.2, 0) is 9.53 Å². The number of nitrogens with one attached hydrogen (secondary N) is 1. The summed E-state index contributed by atoms with van der Waals surface area (Å²) >= 11 is 0. The van der Waals surface area contributed by atoms with E-state index in [1.165, 1.54) is 6.92 Å². The summed E-state index contributed by atoms with van der Waals surface area (Å²) in [5.74, 6) is -1.15. The molecule has 1 atom stereocenters. The fourth-order valence-corrected chi connectivity index (χ4v) is 2.48. The molecular formula is C18H33NO4Si. The summed E-state index contributed by atoms with van der Waals surface area (Å²) in [6, 6.07) is 0. The van der Waals surface area contributed by atoms with Gasteiger partial charge in [-0.3, -0.25) is 0 Å². The van der Waals surface area contributed by atoms with Crippen LogP contribution in [0.4, 0.5) is 4.79 Å². The summed E-state index contributed by atoms with van der Waals surface area (Å²) in [7, 11) is -1.75. The molecule has 0 bridgehead atoms. The number of aliphatic carboxylic acids is 1. The second-order valence-electron chi connectivity index (χ2n) is 8.94. The average molecular weight is 356 g/mol. The maximum Gasteiger partial charge on any atom is 0.408 e. The highest BCUT2D eigenvalue weighted by molar-refractivity contribution is 6.84. The minimum atomic E-state index is -1.75. The second kappa shape index (κ2) is 7.15. The lowest BCUT2D eigenvalue weighted by Crippen LogP contribution is -2.54. The van der Waals surface area contributed by atoms with Gasteiger partial charge in [0, 0.05) is 5.57 Å². The number of carbonyl (C=O) groups excluding carboxylic acids is 1. The number of rotatable bonds is 4. The quantitative estimate of drug-likeness (QED) is 0.575. The van der Waals surface area contributed by atoms with E-state index in [9.17, 15) is 14.7 Å². The third-order valence-electron chi connectivity index (χ3n) is 4.51. The number of ether oxygens (including phenoxy) is 1. The molecule has 0 aromatic carbocycles. The van der Waals surface area contributed by atoms with Gasteiger partial charge in [0.15, 0.2) is 5.54 Å². The third-order valence-corrected chi connectivity index (χ3v) is 9.24. The van der Waals surface area contributed by atoms with Gasteiger partial charge in [-0.05, 0) is 39.7 Å². The monoisotopic (exact) mass is 355 g/mol. The molecule has 24 heavy (non-hydrogen) atoms. The number of hydrogen-bond donors (Lipinski definition) is 2. The van der Waals surface area contributed by atoms with Gasteiger partial charge in [0.05, 0.1) is 8.07 Å². The lowest BCUT2D eigenvalue weighted by Gasteiger charge is -2.33. The summed E-state index contributed by atoms with van der Waals surface area (Å²) in [6.07, 6.45) is -0.763. The Kier molecular flexibility index (Phi) is 6.70. The normalized spacial score (nSPS) is 14.9. The summed E-state index contributed by atoms with van der Waals surface area (Å²) in [6.45, 7) is 19.2. The molecule has 0 spiro atoms. The van der Waals surface area contributed by atoms with E-state index in [2.05, 4.69) is 44.9 Å². The Hall–Kier alpha value is -1.52. The molecule has 0 saturated carbocycles. The molecule has 0 radical (unpaired) electrons. The zero-order valence-electron chi connectivity index (χ0n) is 16.7. The van der Waals surface area contributed by atoms with Crippen molar-refractivity contribution in [1.82, 2.24) is 5.32 Å². The number of amides is 1. The first-order valence-corrected chi connectivity index (χ1v) is 11.2. The van der Waals surface area contributed by atoms with Gasteiger partial charge in [-0.25, -0.2) is 9.59 Å². The molecule has 5 nitrogen and oxygen atoms in total. The number of carbonyl (C=O) groups is 2. The van der Waals surface area contributed by atoms with Crippen LogP contribution >= 0.6 is 0 Å². The summed E-state index contributed by atoms with van der Waals surface area (Å²) < 4.78 is 5.18. The average Bonchev–Trinajstić information content (AvgIpc) is 2.31. The molecule has 0 unspecified atom stereocenters. The van der Waals surface area contributed by atoms with Gasteiger partial charge in [-0.2, -0.15) is 0 Å². The fraction of sp³-hybridized carbons (Fsp3) is 0.722. The van der Waals surface area contributed by atoms with Crippen LogP contribution in [-0.4, -0.2) is 36.4 Å². The van der Waals surface area contributed by atoms with E-state index in [-0.39, 0.29) is 5.04 Å². The van der Waals surface area contributed by atoms with Crippen molar-refractivity contribution in [3.8, 4) is 0 Å². The lowest BCUT2D eigenvalue weighted by atomic mass is 9.94. The van der Waals surface area contributed by atoms with E-state index < -0.39 is 31.3 Å². The molecule has 0 rings (SSSR count). The van der Waals surface area contributed by atoms with Crippen molar-refractivity contribution in [1.29, 1.82) is 0 Å². The van der Waals surface area contributed by atoms with E-state index in [1.807, 2.05) is 5.70 Å². The highest BCUT2D eigenvalue weighted by Gasteiger charge is 2.39. The van der Waals surface area contributed by atoms with Crippen LogP contribution in [0.3, 0.4) is 0 Å². The topological polar surface area (TPSA) is 75.6 Å². The zero-order chi connectivity index (χ0) is 19.6. The predicted molar refractivity (Wildman–Crippen MR) is 99.9 cm³/mol. The molecule has 138 valence electrons. The Labute approximate surface area is 147 Å². The first-order valence-electron chi connectivity index (χ1n) is 8.12. The molecule has 0 saturated heterocycles. The summed E-state index contributed by atoms with van der Waals surface area (Å²) in [5.41, 5.74) is 3.29. The molecule has 0 fully saturated rings. The molecule has 0 aromatic rings. The molecule has 0 aliphatic rings. The number of carboxylic acids is 1. The minimum absolute atomic E-state index is 0.124. The minimum Gasteiger partial charge on any atom is -0.479 e. The van der Waals surface area contributed by atoms with Gasteiger partial charge in [0.1, 0.15) is 5.60 Å². The van der Waals surface area contributed by atoms with Crippen LogP contribution in [0.15, 0.2) is 17.0 Å². The largest absolute Gasteiger partial charge is 0.479 e. The molecule has 6 heteroatoms. The Balaban J connectivity index is 5.70. The molecule has 0 aliphatic carbocycles. The van der Waals surface area contributed by atoms with Crippen LogP contribution in [0, 0.1) is 0 Å². The predicted octanol–water partition coefficient (Wildman–Crippen LogP) is 4.50. The van der Waals surface area contributed by atoms with Crippen molar-refractivity contribution in [3.05, 3.63) is 17.0 Å². The fourth-order valence-electron chi connectivity index (χ4n) is 1.46. The van der Waals surface area contributed by atoms with Gasteiger partial charge in [-0.1, -0.05) is 39.6 Å². The second-order valence-corrected chi connectivity index (χ2v) is 14.2.